The van der Waals surface area contributed by atoms with Crippen LogP contribution in [0.15, 0.2) is 36.4 Å². The molecule has 2 aromatic carbocycles. The first-order valence-corrected chi connectivity index (χ1v) is 9.85. The monoisotopic (exact) mass is 363 g/mol. The van der Waals surface area contributed by atoms with Crippen molar-refractivity contribution < 1.29 is 28.6 Å². The highest BCUT2D eigenvalue weighted by Gasteiger charge is 2.21. The Kier molecular flexibility index (Phi) is 5.57. The zero-order valence-electron chi connectivity index (χ0n) is 13.6. The second-order valence-electron chi connectivity index (χ2n) is 5.80. The van der Waals surface area contributed by atoms with E-state index in [-0.39, 0.29) is 27.6 Å². The van der Waals surface area contributed by atoms with Gasteiger partial charge in [-0.2, -0.15) is 0 Å². The first kappa shape index (κ1) is 19.1. The smallest absolute Gasteiger partial charge is 0.423 e. The molecule has 1 amide bonds. The van der Waals surface area contributed by atoms with Crippen LogP contribution in [-0.2, 0) is 4.57 Å². The Morgan fingerprint density at radius 1 is 1.20 bits per heavy atom. The van der Waals surface area contributed by atoms with Gasteiger partial charge in [-0.25, -0.2) is 4.39 Å². The summed E-state index contributed by atoms with van der Waals surface area (Å²) in [5.41, 5.74) is 0.224. The molecule has 130 valence electrons. The van der Waals surface area contributed by atoms with Crippen molar-refractivity contribution >= 4 is 42.9 Å². The molecule has 0 saturated carbocycles. The normalized spacial score (nSPS) is 11.1. The van der Waals surface area contributed by atoms with E-state index in [0.29, 0.717) is 6.29 Å². The maximum absolute atomic E-state index is 13.4. The molecular formula is C16H16BFNO5P. The topological polar surface area (TPSA) is 104 Å². The molecule has 0 aliphatic rings. The Labute approximate surface area is 144 Å². The van der Waals surface area contributed by atoms with Gasteiger partial charge in [-0.05, 0) is 49.1 Å². The minimum absolute atomic E-state index is 0.0272. The number of hydrogen-bond donors (Lipinski definition) is 3. The SMILES string of the molecule is CP(C)(=O)c1cc(F)ccc1NC(=O)c1ccc(B(O)O)c(C=O)c1. The third-order valence-corrected chi connectivity index (χ3v) is 5.07. The fourth-order valence-corrected chi connectivity index (χ4v) is 3.45. The molecule has 2 rings (SSSR count). The second-order valence-corrected chi connectivity index (χ2v) is 8.99. The molecule has 9 heteroatoms. The lowest BCUT2D eigenvalue weighted by molar-refractivity contribution is 0.102. The number of carbonyl (C=O) groups is 2. The Hall–Kier alpha value is -2.28. The zero-order valence-corrected chi connectivity index (χ0v) is 14.5. The maximum atomic E-state index is 13.4. The molecular weight excluding hydrogens is 347 g/mol. The van der Waals surface area contributed by atoms with Crippen LogP contribution in [0, 0.1) is 5.82 Å². The van der Waals surface area contributed by atoms with Gasteiger partial charge in [0.15, 0.2) is 0 Å². The molecule has 2 aromatic rings. The number of anilines is 1. The molecule has 0 bridgehead atoms. The van der Waals surface area contributed by atoms with E-state index in [0.717, 1.165) is 12.1 Å². The van der Waals surface area contributed by atoms with Crippen LogP contribution in [0.5, 0.6) is 0 Å². The van der Waals surface area contributed by atoms with Crippen LogP contribution in [0.2, 0.25) is 0 Å². The molecule has 25 heavy (non-hydrogen) atoms. The number of amides is 1. The van der Waals surface area contributed by atoms with E-state index in [4.69, 9.17) is 0 Å². The molecule has 6 nitrogen and oxygen atoms in total. The molecule has 0 aliphatic heterocycles. The molecule has 0 fully saturated rings. The van der Waals surface area contributed by atoms with Crippen LogP contribution < -0.4 is 16.1 Å². The number of nitrogens with one attached hydrogen (secondary N) is 1. The second kappa shape index (κ2) is 7.31. The summed E-state index contributed by atoms with van der Waals surface area (Å²) in [4.78, 5) is 23.4. The number of halogens is 1. The van der Waals surface area contributed by atoms with Gasteiger partial charge in [0.1, 0.15) is 19.2 Å². The van der Waals surface area contributed by atoms with Crippen molar-refractivity contribution in [3.05, 3.63) is 53.3 Å². The first-order valence-electron chi connectivity index (χ1n) is 7.25. The zero-order chi connectivity index (χ0) is 18.8. The van der Waals surface area contributed by atoms with Gasteiger partial charge < -0.3 is 19.9 Å². The van der Waals surface area contributed by atoms with Crippen LogP contribution in [-0.4, -0.2) is 42.7 Å². The molecule has 0 saturated heterocycles. The fraction of sp³-hybridized carbons (Fsp3) is 0.125. The predicted molar refractivity (Wildman–Crippen MR) is 95.1 cm³/mol. The van der Waals surface area contributed by atoms with Gasteiger partial charge in [0.25, 0.3) is 5.91 Å². The van der Waals surface area contributed by atoms with E-state index < -0.39 is 26.0 Å². The van der Waals surface area contributed by atoms with Crippen LogP contribution >= 0.6 is 7.14 Å². The van der Waals surface area contributed by atoms with Gasteiger partial charge in [0.05, 0.1) is 5.69 Å². The first-order chi connectivity index (χ1) is 11.6. The Balaban J connectivity index is 2.38. The van der Waals surface area contributed by atoms with E-state index in [9.17, 15) is 28.6 Å². The van der Waals surface area contributed by atoms with E-state index in [1.165, 1.54) is 37.6 Å². The summed E-state index contributed by atoms with van der Waals surface area (Å²) in [5, 5.41) is 21.1. The summed E-state index contributed by atoms with van der Waals surface area (Å²) in [6, 6.07) is 7.33. The van der Waals surface area contributed by atoms with Gasteiger partial charge in [-0.1, -0.05) is 6.07 Å². The van der Waals surface area contributed by atoms with Crippen molar-refractivity contribution in [3.8, 4) is 0 Å². The highest BCUT2D eigenvalue weighted by molar-refractivity contribution is 7.70. The van der Waals surface area contributed by atoms with Gasteiger partial charge in [0, 0.05) is 16.4 Å². The molecule has 0 radical (unpaired) electrons. The third kappa shape index (κ3) is 4.42. The third-order valence-electron chi connectivity index (χ3n) is 3.54. The number of rotatable bonds is 5. The van der Waals surface area contributed by atoms with E-state index in [2.05, 4.69) is 5.32 Å². The number of carbonyl (C=O) groups excluding carboxylic acids is 2. The Morgan fingerprint density at radius 2 is 1.88 bits per heavy atom. The quantitative estimate of drug-likeness (QED) is 0.415. The predicted octanol–water partition coefficient (Wildman–Crippen LogP) is 0.818. The van der Waals surface area contributed by atoms with Crippen LogP contribution in [0.25, 0.3) is 0 Å². The van der Waals surface area contributed by atoms with E-state index in [1.807, 2.05) is 0 Å². The largest absolute Gasteiger partial charge is 0.489 e. The molecule has 0 spiro atoms. The molecule has 0 atom stereocenters. The van der Waals surface area contributed by atoms with Crippen molar-refractivity contribution in [2.75, 3.05) is 18.6 Å². The van der Waals surface area contributed by atoms with Crippen LogP contribution in [0.3, 0.4) is 0 Å². The molecule has 0 aliphatic carbocycles. The van der Waals surface area contributed by atoms with Crippen molar-refractivity contribution in [1.29, 1.82) is 0 Å². The molecule has 0 unspecified atom stereocenters. The molecule has 3 N–H and O–H groups in total. The van der Waals surface area contributed by atoms with Gasteiger partial charge in [0.2, 0.25) is 0 Å². The standard InChI is InChI=1S/C16H16BFNO5P/c1-25(2,24)15-8-12(18)4-6-14(15)19-16(21)10-3-5-13(17(22)23)11(7-10)9-20/h3-9,22-23H,1-2H3,(H,19,21). The Morgan fingerprint density at radius 3 is 2.44 bits per heavy atom. The van der Waals surface area contributed by atoms with Crippen molar-refractivity contribution in [1.82, 2.24) is 0 Å². The summed E-state index contributed by atoms with van der Waals surface area (Å²) in [6.45, 7) is 2.92. The molecule has 0 aromatic heterocycles. The van der Waals surface area contributed by atoms with Gasteiger partial charge in [-0.3, -0.25) is 9.59 Å². The van der Waals surface area contributed by atoms with Gasteiger partial charge >= 0.3 is 7.12 Å². The number of benzene rings is 2. The maximum Gasteiger partial charge on any atom is 0.489 e. The summed E-state index contributed by atoms with van der Waals surface area (Å²) in [5.74, 6) is -1.18. The summed E-state index contributed by atoms with van der Waals surface area (Å²) < 4.78 is 25.7. The number of hydrogen-bond acceptors (Lipinski definition) is 5. The lowest BCUT2D eigenvalue weighted by Gasteiger charge is -2.15. The summed E-state index contributed by atoms with van der Waals surface area (Å²) in [6.07, 6.45) is 0.404. The number of aldehydes is 1. The van der Waals surface area contributed by atoms with Gasteiger partial charge in [-0.15, -0.1) is 0 Å². The lowest BCUT2D eigenvalue weighted by Crippen LogP contribution is -2.33. The van der Waals surface area contributed by atoms with Crippen LogP contribution in [0.4, 0.5) is 10.1 Å². The average molecular weight is 363 g/mol. The minimum Gasteiger partial charge on any atom is -0.423 e. The lowest BCUT2D eigenvalue weighted by atomic mass is 9.77. The van der Waals surface area contributed by atoms with Crippen molar-refractivity contribution in [3.63, 3.8) is 0 Å². The summed E-state index contributed by atoms with van der Waals surface area (Å²) >= 11 is 0. The van der Waals surface area contributed by atoms with Crippen molar-refractivity contribution in [2.24, 2.45) is 0 Å². The summed E-state index contributed by atoms with van der Waals surface area (Å²) in [7, 11) is -4.68. The van der Waals surface area contributed by atoms with Crippen LogP contribution in [0.1, 0.15) is 20.7 Å². The Bertz CT molecular complexity index is 881. The minimum atomic E-state index is -2.84. The van der Waals surface area contributed by atoms with E-state index >= 15 is 0 Å². The highest BCUT2D eigenvalue weighted by Crippen LogP contribution is 2.38. The fourth-order valence-electron chi connectivity index (χ4n) is 2.30. The van der Waals surface area contributed by atoms with E-state index in [1.54, 1.807) is 0 Å². The van der Waals surface area contributed by atoms with Crippen molar-refractivity contribution in [2.45, 2.75) is 0 Å². The highest BCUT2D eigenvalue weighted by atomic mass is 31.2. The average Bonchev–Trinajstić information content (AvgIpc) is 2.54. The molecule has 0 heterocycles.